The number of β-lactam (4-membered cyclic amide) rings is 1. The number of ether oxygens (including phenoxy) is 1. The number of halogens is 1. The molecule has 5 heteroatoms. The van der Waals surface area contributed by atoms with Gasteiger partial charge in [0.05, 0.1) is 0 Å². The first-order valence-electron chi connectivity index (χ1n) is 9.23. The SMILES string of the molecule is Cc1ccccc1N1C(=O)[C@H](Oc2ccc(Cl)cc2)[C@@H]1CNc1ccccc1. The average molecular weight is 393 g/mol. The highest BCUT2D eigenvalue weighted by atomic mass is 35.5. The highest BCUT2D eigenvalue weighted by molar-refractivity contribution is 6.30. The van der Waals surface area contributed by atoms with Crippen molar-refractivity contribution in [3.63, 3.8) is 0 Å². The van der Waals surface area contributed by atoms with Crippen molar-refractivity contribution >= 4 is 28.9 Å². The van der Waals surface area contributed by atoms with Gasteiger partial charge in [-0.1, -0.05) is 48.0 Å². The van der Waals surface area contributed by atoms with Gasteiger partial charge in [-0.05, 0) is 55.0 Å². The number of rotatable bonds is 6. The number of carbonyl (C=O) groups is 1. The second-order valence-electron chi connectivity index (χ2n) is 6.80. The van der Waals surface area contributed by atoms with Crippen molar-refractivity contribution in [1.82, 2.24) is 0 Å². The summed E-state index contributed by atoms with van der Waals surface area (Å²) >= 11 is 5.95. The predicted octanol–water partition coefficient (Wildman–Crippen LogP) is 4.92. The third-order valence-corrected chi connectivity index (χ3v) is 5.15. The van der Waals surface area contributed by atoms with Crippen molar-refractivity contribution in [1.29, 1.82) is 0 Å². The molecule has 0 aromatic heterocycles. The molecule has 1 aliphatic rings. The maximum Gasteiger partial charge on any atom is 0.270 e. The molecular formula is C23H21ClN2O2. The van der Waals surface area contributed by atoms with Crippen molar-refractivity contribution < 1.29 is 9.53 Å². The van der Waals surface area contributed by atoms with E-state index in [9.17, 15) is 4.79 Å². The molecule has 1 aliphatic heterocycles. The zero-order valence-corrected chi connectivity index (χ0v) is 16.3. The van der Waals surface area contributed by atoms with Crippen LogP contribution in [-0.2, 0) is 4.79 Å². The number of nitrogens with one attached hydrogen (secondary N) is 1. The molecule has 1 N–H and O–H groups in total. The van der Waals surface area contributed by atoms with E-state index < -0.39 is 6.10 Å². The number of anilines is 2. The lowest BCUT2D eigenvalue weighted by molar-refractivity contribution is -0.134. The molecule has 1 fully saturated rings. The van der Waals surface area contributed by atoms with Gasteiger partial charge in [0.1, 0.15) is 11.8 Å². The van der Waals surface area contributed by atoms with Crippen LogP contribution >= 0.6 is 11.6 Å². The molecule has 1 amide bonds. The number of benzene rings is 3. The van der Waals surface area contributed by atoms with E-state index in [0.29, 0.717) is 17.3 Å². The highest BCUT2D eigenvalue weighted by Crippen LogP contribution is 2.33. The summed E-state index contributed by atoms with van der Waals surface area (Å²) in [4.78, 5) is 14.8. The monoisotopic (exact) mass is 392 g/mol. The fourth-order valence-corrected chi connectivity index (χ4v) is 3.54. The Morgan fingerprint density at radius 1 is 0.964 bits per heavy atom. The first-order chi connectivity index (χ1) is 13.6. The maximum absolute atomic E-state index is 13.0. The molecule has 1 heterocycles. The Morgan fingerprint density at radius 3 is 2.36 bits per heavy atom. The van der Waals surface area contributed by atoms with Crippen molar-refractivity contribution in [2.24, 2.45) is 0 Å². The number of amides is 1. The fourth-order valence-electron chi connectivity index (χ4n) is 3.41. The van der Waals surface area contributed by atoms with Gasteiger partial charge in [0.2, 0.25) is 0 Å². The molecule has 142 valence electrons. The van der Waals surface area contributed by atoms with Gasteiger partial charge in [0, 0.05) is 22.9 Å². The predicted molar refractivity (Wildman–Crippen MR) is 113 cm³/mol. The van der Waals surface area contributed by atoms with Crippen LogP contribution in [0.4, 0.5) is 11.4 Å². The summed E-state index contributed by atoms with van der Waals surface area (Å²) < 4.78 is 6.02. The quantitative estimate of drug-likeness (QED) is 0.605. The summed E-state index contributed by atoms with van der Waals surface area (Å²) in [5.41, 5.74) is 2.99. The molecule has 0 bridgehead atoms. The Kier molecular flexibility index (Phi) is 5.22. The van der Waals surface area contributed by atoms with Gasteiger partial charge in [-0.25, -0.2) is 0 Å². The van der Waals surface area contributed by atoms with Gasteiger partial charge in [-0.15, -0.1) is 0 Å². The number of aryl methyl sites for hydroxylation is 1. The van der Waals surface area contributed by atoms with Crippen molar-refractivity contribution in [3.05, 3.63) is 89.4 Å². The number of hydrogen-bond donors (Lipinski definition) is 1. The van der Waals surface area contributed by atoms with Crippen LogP contribution < -0.4 is 15.0 Å². The third-order valence-electron chi connectivity index (χ3n) is 4.90. The molecule has 3 aromatic carbocycles. The van der Waals surface area contributed by atoms with Gasteiger partial charge in [0.15, 0.2) is 6.10 Å². The minimum atomic E-state index is -0.544. The molecule has 3 aromatic rings. The molecule has 0 unspecified atom stereocenters. The molecular weight excluding hydrogens is 372 g/mol. The van der Waals surface area contributed by atoms with Crippen LogP contribution in [0.2, 0.25) is 5.02 Å². The Bertz CT molecular complexity index is 960. The number of nitrogens with zero attached hydrogens (tertiary/aromatic N) is 1. The summed E-state index contributed by atoms with van der Waals surface area (Å²) in [6.07, 6.45) is -0.544. The normalized spacial score (nSPS) is 18.5. The van der Waals surface area contributed by atoms with Gasteiger partial charge in [-0.3, -0.25) is 9.69 Å². The van der Waals surface area contributed by atoms with Crippen molar-refractivity contribution in [2.75, 3.05) is 16.8 Å². The van der Waals surface area contributed by atoms with E-state index >= 15 is 0 Å². The van der Waals surface area contributed by atoms with Gasteiger partial charge in [0.25, 0.3) is 5.91 Å². The molecule has 0 radical (unpaired) electrons. The molecule has 4 rings (SSSR count). The Hall–Kier alpha value is -2.98. The van der Waals surface area contributed by atoms with E-state index in [1.165, 1.54) is 0 Å². The standard InChI is InChI=1S/C23H21ClN2O2/c1-16-7-5-6-10-20(16)26-21(15-25-18-8-3-2-4-9-18)22(23(26)27)28-19-13-11-17(24)12-14-19/h2-14,21-22,25H,15H2,1H3/t21-,22+/m0/s1. The van der Waals surface area contributed by atoms with E-state index in [-0.39, 0.29) is 11.9 Å². The number of para-hydroxylation sites is 2. The second kappa shape index (κ2) is 7.95. The molecule has 2 atom stereocenters. The lowest BCUT2D eigenvalue weighted by atomic mass is 9.95. The first kappa shape index (κ1) is 18.4. The van der Waals surface area contributed by atoms with E-state index in [2.05, 4.69) is 5.32 Å². The van der Waals surface area contributed by atoms with E-state index in [1.807, 2.05) is 66.4 Å². The minimum absolute atomic E-state index is 0.0379. The fraction of sp³-hybridized carbons (Fsp3) is 0.174. The summed E-state index contributed by atoms with van der Waals surface area (Å²) in [5, 5.41) is 4.05. The lowest BCUT2D eigenvalue weighted by Crippen LogP contribution is -2.69. The molecule has 4 nitrogen and oxygen atoms in total. The van der Waals surface area contributed by atoms with Gasteiger partial charge >= 0.3 is 0 Å². The Balaban J connectivity index is 1.56. The Morgan fingerprint density at radius 2 is 1.64 bits per heavy atom. The second-order valence-corrected chi connectivity index (χ2v) is 7.24. The van der Waals surface area contributed by atoms with Crippen LogP contribution in [0.5, 0.6) is 5.75 Å². The topological polar surface area (TPSA) is 41.6 Å². The zero-order chi connectivity index (χ0) is 19.5. The summed E-state index contributed by atoms with van der Waals surface area (Å²) in [6.45, 7) is 2.60. The van der Waals surface area contributed by atoms with E-state index in [1.54, 1.807) is 24.3 Å². The highest BCUT2D eigenvalue weighted by Gasteiger charge is 2.50. The Labute approximate surface area is 169 Å². The van der Waals surface area contributed by atoms with Crippen molar-refractivity contribution in [3.8, 4) is 5.75 Å². The maximum atomic E-state index is 13.0. The first-order valence-corrected chi connectivity index (χ1v) is 9.61. The van der Waals surface area contributed by atoms with Crippen LogP contribution in [0.25, 0.3) is 0 Å². The third kappa shape index (κ3) is 3.69. The average Bonchev–Trinajstić information content (AvgIpc) is 2.72. The van der Waals surface area contributed by atoms with Crippen LogP contribution in [0.3, 0.4) is 0 Å². The van der Waals surface area contributed by atoms with Gasteiger partial charge in [-0.2, -0.15) is 0 Å². The van der Waals surface area contributed by atoms with Crippen LogP contribution in [0.15, 0.2) is 78.9 Å². The summed E-state index contributed by atoms with van der Waals surface area (Å²) in [5.74, 6) is 0.598. The summed E-state index contributed by atoms with van der Waals surface area (Å²) in [7, 11) is 0. The van der Waals surface area contributed by atoms with Gasteiger partial charge < -0.3 is 10.1 Å². The van der Waals surface area contributed by atoms with Crippen LogP contribution in [0, 0.1) is 6.92 Å². The molecule has 0 aliphatic carbocycles. The van der Waals surface area contributed by atoms with E-state index in [0.717, 1.165) is 16.9 Å². The van der Waals surface area contributed by atoms with Crippen LogP contribution in [0.1, 0.15) is 5.56 Å². The molecule has 28 heavy (non-hydrogen) atoms. The summed E-state index contributed by atoms with van der Waals surface area (Å²) in [6, 6.07) is 24.8. The number of hydrogen-bond acceptors (Lipinski definition) is 3. The molecule has 1 saturated heterocycles. The largest absolute Gasteiger partial charge is 0.478 e. The van der Waals surface area contributed by atoms with E-state index in [4.69, 9.17) is 16.3 Å². The van der Waals surface area contributed by atoms with Crippen LogP contribution in [-0.4, -0.2) is 24.6 Å². The lowest BCUT2D eigenvalue weighted by Gasteiger charge is -2.47. The van der Waals surface area contributed by atoms with Crippen molar-refractivity contribution in [2.45, 2.75) is 19.1 Å². The molecule has 0 saturated carbocycles. The smallest absolute Gasteiger partial charge is 0.270 e. The number of carbonyl (C=O) groups excluding carboxylic acids is 1. The zero-order valence-electron chi connectivity index (χ0n) is 15.5. The minimum Gasteiger partial charge on any atom is -0.478 e. The molecule has 0 spiro atoms.